The molecule has 2 aromatic carbocycles. The third-order valence-corrected chi connectivity index (χ3v) is 9.93. The van der Waals surface area contributed by atoms with Crippen LogP contribution in [0.15, 0.2) is 53.6 Å². The highest BCUT2D eigenvalue weighted by Crippen LogP contribution is 2.43. The van der Waals surface area contributed by atoms with Gasteiger partial charge in [-0.3, -0.25) is 4.72 Å². The summed E-state index contributed by atoms with van der Waals surface area (Å²) in [4.78, 5) is 15.2. The predicted molar refractivity (Wildman–Crippen MR) is 147 cm³/mol. The average Bonchev–Trinajstić information content (AvgIpc) is 3.69. The second-order valence-electron chi connectivity index (χ2n) is 9.83. The molecular weight excluding hydrogens is 583 g/mol. The van der Waals surface area contributed by atoms with Crippen molar-refractivity contribution in [3.8, 4) is 21.8 Å². The molecular formula is C27H23ClF3N5O2S2. The van der Waals surface area contributed by atoms with Crippen molar-refractivity contribution >= 4 is 38.6 Å². The van der Waals surface area contributed by atoms with Gasteiger partial charge in [0.1, 0.15) is 16.5 Å². The molecule has 0 radical (unpaired) electrons. The molecule has 2 aromatic heterocycles. The summed E-state index contributed by atoms with van der Waals surface area (Å²) in [5.74, 6) is -2.83. The Kier molecular flexibility index (Phi) is 7.28. The lowest BCUT2D eigenvalue weighted by Gasteiger charge is -2.30. The monoisotopic (exact) mass is 605 g/mol. The molecule has 3 heterocycles. The fraction of sp³-hybridized carbons (Fsp3) is 0.296. The minimum Gasteiger partial charge on any atom is -0.300 e. The smallest absolute Gasteiger partial charge is 0.265 e. The molecule has 4 aromatic rings. The summed E-state index contributed by atoms with van der Waals surface area (Å²) in [7, 11) is -4.64. The zero-order chi connectivity index (χ0) is 28.0. The molecule has 6 rings (SSSR count). The molecule has 1 aliphatic carbocycles. The summed E-state index contributed by atoms with van der Waals surface area (Å²) in [6, 6.07) is 8.52. The van der Waals surface area contributed by atoms with Gasteiger partial charge in [-0.1, -0.05) is 6.07 Å². The second kappa shape index (κ2) is 10.7. The van der Waals surface area contributed by atoms with Crippen molar-refractivity contribution in [3.63, 3.8) is 0 Å². The van der Waals surface area contributed by atoms with Gasteiger partial charge in [0.2, 0.25) is 5.28 Å². The summed E-state index contributed by atoms with van der Waals surface area (Å²) in [5, 5.41) is 0.859. The van der Waals surface area contributed by atoms with E-state index in [4.69, 9.17) is 16.6 Å². The van der Waals surface area contributed by atoms with Gasteiger partial charge in [-0.2, -0.15) is 0 Å². The minimum absolute atomic E-state index is 0.0234. The summed E-state index contributed by atoms with van der Waals surface area (Å²) >= 11 is 7.46. The Labute approximate surface area is 238 Å². The SMILES string of the molecule is O=S(=O)(Nc1cccc(-c2nc(C3CCN(C4CC4)CC3)sc2-c2ccnc(Cl)n2)c1F)c1cc(F)ccc1F. The maximum absolute atomic E-state index is 16.0. The van der Waals surface area contributed by atoms with Crippen molar-refractivity contribution in [2.24, 2.45) is 0 Å². The zero-order valence-electron chi connectivity index (χ0n) is 20.9. The van der Waals surface area contributed by atoms with Gasteiger partial charge in [-0.15, -0.1) is 11.3 Å². The molecule has 1 saturated carbocycles. The van der Waals surface area contributed by atoms with Crippen molar-refractivity contribution < 1.29 is 21.6 Å². The summed E-state index contributed by atoms with van der Waals surface area (Å²) in [6.45, 7) is 1.95. The van der Waals surface area contributed by atoms with Crippen LogP contribution in [0.5, 0.6) is 0 Å². The first-order valence-corrected chi connectivity index (χ1v) is 15.4. The highest BCUT2D eigenvalue weighted by atomic mass is 35.5. The average molecular weight is 606 g/mol. The van der Waals surface area contributed by atoms with Crippen LogP contribution >= 0.6 is 22.9 Å². The van der Waals surface area contributed by atoms with Gasteiger partial charge in [-0.05, 0) is 86.8 Å². The lowest BCUT2D eigenvalue weighted by atomic mass is 9.97. The molecule has 0 bridgehead atoms. The summed E-state index contributed by atoms with van der Waals surface area (Å²) in [6.07, 6.45) is 5.84. The Morgan fingerprint density at radius 2 is 1.77 bits per heavy atom. The molecule has 0 amide bonds. The number of thiazole rings is 1. The number of hydrogen-bond donors (Lipinski definition) is 1. The maximum atomic E-state index is 16.0. The van der Waals surface area contributed by atoms with Gasteiger partial charge < -0.3 is 4.90 Å². The van der Waals surface area contributed by atoms with Gasteiger partial charge in [0, 0.05) is 23.7 Å². The Bertz CT molecular complexity index is 1690. The Hall–Kier alpha value is -3.06. The normalized spacial score (nSPS) is 16.8. The first-order valence-electron chi connectivity index (χ1n) is 12.7. The Balaban J connectivity index is 1.38. The van der Waals surface area contributed by atoms with Gasteiger partial charge in [-0.25, -0.2) is 36.5 Å². The molecule has 13 heteroatoms. The van der Waals surface area contributed by atoms with E-state index in [1.165, 1.54) is 48.6 Å². The van der Waals surface area contributed by atoms with Crippen molar-refractivity contribution in [2.75, 3.05) is 17.8 Å². The molecule has 0 spiro atoms. The number of piperidine rings is 1. The topological polar surface area (TPSA) is 88.1 Å². The molecule has 0 unspecified atom stereocenters. The largest absolute Gasteiger partial charge is 0.300 e. The van der Waals surface area contributed by atoms with E-state index in [0.717, 1.165) is 37.0 Å². The third-order valence-electron chi connectivity index (χ3n) is 7.13. The van der Waals surface area contributed by atoms with Crippen molar-refractivity contribution in [2.45, 2.75) is 42.5 Å². The number of sulfonamides is 1. The lowest BCUT2D eigenvalue weighted by molar-refractivity contribution is 0.203. The Morgan fingerprint density at radius 3 is 2.50 bits per heavy atom. The predicted octanol–water partition coefficient (Wildman–Crippen LogP) is 6.48. The van der Waals surface area contributed by atoms with Crippen LogP contribution in [-0.2, 0) is 10.0 Å². The van der Waals surface area contributed by atoms with E-state index in [0.29, 0.717) is 28.7 Å². The highest BCUT2D eigenvalue weighted by Gasteiger charge is 2.34. The quantitative estimate of drug-likeness (QED) is 0.243. The molecule has 1 N–H and O–H groups in total. The molecule has 7 nitrogen and oxygen atoms in total. The number of aromatic nitrogens is 3. The number of halogens is 4. The van der Waals surface area contributed by atoms with E-state index in [1.54, 1.807) is 6.07 Å². The van der Waals surface area contributed by atoms with Gasteiger partial charge >= 0.3 is 0 Å². The van der Waals surface area contributed by atoms with E-state index < -0.39 is 38.1 Å². The van der Waals surface area contributed by atoms with E-state index >= 15 is 4.39 Å². The first kappa shape index (κ1) is 27.1. The van der Waals surface area contributed by atoms with Crippen LogP contribution in [0.2, 0.25) is 5.28 Å². The molecule has 1 aliphatic heterocycles. The third kappa shape index (κ3) is 5.45. The van der Waals surface area contributed by atoms with E-state index in [1.807, 2.05) is 0 Å². The Morgan fingerprint density at radius 1 is 1.00 bits per heavy atom. The lowest BCUT2D eigenvalue weighted by Crippen LogP contribution is -2.34. The van der Waals surface area contributed by atoms with Gasteiger partial charge in [0.05, 0.1) is 27.0 Å². The van der Waals surface area contributed by atoms with Gasteiger partial charge in [0.25, 0.3) is 10.0 Å². The van der Waals surface area contributed by atoms with Crippen molar-refractivity contribution in [1.82, 2.24) is 19.9 Å². The summed E-state index contributed by atoms with van der Waals surface area (Å²) in [5.41, 5.74) is 0.346. The number of benzene rings is 2. The van der Waals surface area contributed by atoms with E-state index in [9.17, 15) is 17.2 Å². The van der Waals surface area contributed by atoms with Crippen LogP contribution in [0.4, 0.5) is 18.9 Å². The van der Waals surface area contributed by atoms with E-state index in [2.05, 4.69) is 19.6 Å². The molecule has 0 atom stereocenters. The van der Waals surface area contributed by atoms with Crippen LogP contribution < -0.4 is 4.72 Å². The number of likely N-dealkylation sites (tertiary alicyclic amines) is 1. The second-order valence-corrected chi connectivity index (χ2v) is 12.8. The summed E-state index contributed by atoms with van der Waals surface area (Å²) < 4.78 is 71.6. The number of nitrogens with zero attached hydrogens (tertiary/aromatic N) is 4. The molecule has 208 valence electrons. The molecule has 2 fully saturated rings. The van der Waals surface area contributed by atoms with Gasteiger partial charge in [0.15, 0.2) is 5.82 Å². The van der Waals surface area contributed by atoms with Crippen molar-refractivity contribution in [3.05, 3.63) is 76.4 Å². The molecule has 40 heavy (non-hydrogen) atoms. The standard InChI is InChI=1S/C27H23ClF3N5O2S2/c28-27-32-11-8-21(33-27)25-24(34-26(39-25)15-9-12-36(13-10-15)17-5-6-17)18-2-1-3-20(23(18)31)35-40(37,38)22-14-16(29)4-7-19(22)30/h1-4,7-8,11,14-15,17,35H,5-6,9-10,12-13H2. The molecule has 2 aliphatic rings. The van der Waals surface area contributed by atoms with Crippen LogP contribution in [0.3, 0.4) is 0 Å². The maximum Gasteiger partial charge on any atom is 0.265 e. The van der Waals surface area contributed by atoms with Crippen LogP contribution in [0.1, 0.15) is 36.6 Å². The molecule has 1 saturated heterocycles. The fourth-order valence-electron chi connectivity index (χ4n) is 4.96. The number of hydrogen-bond acceptors (Lipinski definition) is 7. The number of rotatable bonds is 7. The fourth-order valence-corrected chi connectivity index (χ4v) is 7.47. The van der Waals surface area contributed by atoms with Crippen LogP contribution in [0.25, 0.3) is 21.8 Å². The first-order chi connectivity index (χ1) is 19.2. The van der Waals surface area contributed by atoms with Crippen molar-refractivity contribution in [1.29, 1.82) is 0 Å². The van der Waals surface area contributed by atoms with Crippen LogP contribution in [0, 0.1) is 17.5 Å². The highest BCUT2D eigenvalue weighted by molar-refractivity contribution is 7.92. The minimum atomic E-state index is -4.64. The number of anilines is 1. The zero-order valence-corrected chi connectivity index (χ0v) is 23.3. The van der Waals surface area contributed by atoms with Crippen LogP contribution in [-0.4, -0.2) is 47.4 Å². The van der Waals surface area contributed by atoms with E-state index in [-0.39, 0.29) is 22.5 Å². The number of nitrogens with one attached hydrogen (secondary N) is 1.